The number of rotatable bonds is 12. The number of nitrogens with zero attached hydrogens (tertiary/aromatic N) is 5. The van der Waals surface area contributed by atoms with Gasteiger partial charge in [-0.25, -0.2) is 9.67 Å². The van der Waals surface area contributed by atoms with E-state index in [1.807, 2.05) is 46.1 Å². The van der Waals surface area contributed by atoms with E-state index >= 15 is 0 Å². The molecule has 4 aromatic rings. The van der Waals surface area contributed by atoms with E-state index in [4.69, 9.17) is 14.2 Å². The second kappa shape index (κ2) is 13.6. The molecule has 10 heteroatoms. The standard InChI is InChI=1S/C32H41N5O4Si/c1-39-23-32(38)36-15-13-35(14-16-36)22-25-5-6-27-20-29(9-7-26(27)19-25)41-31-10-8-28(21-33-31)30-11-12-34-37(30)24-40-17-18-42(2,3)4/h5-12,19-21H,13-18,22-24H2,1-4H3. The molecule has 0 N–H and O–H groups in total. The number of hydrogen-bond donors (Lipinski definition) is 0. The van der Waals surface area contributed by atoms with E-state index in [2.05, 4.69) is 58.9 Å². The average molecular weight is 588 g/mol. The van der Waals surface area contributed by atoms with Crippen LogP contribution in [0.3, 0.4) is 0 Å². The van der Waals surface area contributed by atoms with Crippen molar-refractivity contribution in [1.29, 1.82) is 0 Å². The van der Waals surface area contributed by atoms with Crippen molar-refractivity contribution in [2.45, 2.75) is 39.0 Å². The summed E-state index contributed by atoms with van der Waals surface area (Å²) in [5.41, 5.74) is 3.18. The molecule has 0 atom stereocenters. The Labute approximate surface area is 249 Å². The van der Waals surface area contributed by atoms with E-state index in [1.165, 1.54) is 5.56 Å². The minimum Gasteiger partial charge on any atom is -0.439 e. The van der Waals surface area contributed by atoms with Gasteiger partial charge in [-0.05, 0) is 52.7 Å². The predicted molar refractivity (Wildman–Crippen MR) is 167 cm³/mol. The number of aromatic nitrogens is 3. The second-order valence-corrected chi connectivity index (χ2v) is 17.6. The Kier molecular flexibility index (Phi) is 9.68. The summed E-state index contributed by atoms with van der Waals surface area (Å²) in [4.78, 5) is 20.9. The van der Waals surface area contributed by atoms with Crippen molar-refractivity contribution in [3.63, 3.8) is 0 Å². The quantitative estimate of drug-likeness (QED) is 0.160. The molecule has 1 fully saturated rings. The van der Waals surface area contributed by atoms with Crippen molar-refractivity contribution in [2.75, 3.05) is 46.5 Å². The summed E-state index contributed by atoms with van der Waals surface area (Å²) in [6, 6.07) is 19.6. The first-order valence-corrected chi connectivity index (χ1v) is 18.2. The number of fused-ring (bicyclic) bond motifs is 1. The summed E-state index contributed by atoms with van der Waals surface area (Å²) >= 11 is 0. The predicted octanol–water partition coefficient (Wildman–Crippen LogP) is 5.49. The molecule has 0 unspecified atom stereocenters. The number of amides is 1. The number of methoxy groups -OCH3 is 1. The molecule has 2 aromatic carbocycles. The maximum Gasteiger partial charge on any atom is 0.248 e. The zero-order valence-electron chi connectivity index (χ0n) is 25.1. The summed E-state index contributed by atoms with van der Waals surface area (Å²) in [7, 11) is 0.436. The van der Waals surface area contributed by atoms with Crippen LogP contribution in [0.2, 0.25) is 25.7 Å². The molecule has 2 aromatic heterocycles. The molecule has 222 valence electrons. The van der Waals surface area contributed by atoms with Crippen LogP contribution in [0.4, 0.5) is 0 Å². The van der Waals surface area contributed by atoms with Crippen LogP contribution in [0.25, 0.3) is 22.0 Å². The van der Waals surface area contributed by atoms with E-state index in [0.29, 0.717) is 12.6 Å². The molecule has 1 aliphatic heterocycles. The van der Waals surface area contributed by atoms with Gasteiger partial charge >= 0.3 is 0 Å². The maximum atomic E-state index is 12.1. The highest BCUT2D eigenvalue weighted by molar-refractivity contribution is 6.76. The summed E-state index contributed by atoms with van der Waals surface area (Å²) < 4.78 is 18.8. The van der Waals surface area contributed by atoms with Gasteiger partial charge in [0.05, 0.1) is 5.69 Å². The van der Waals surface area contributed by atoms with Crippen molar-refractivity contribution < 1.29 is 19.0 Å². The largest absolute Gasteiger partial charge is 0.439 e. The molecule has 1 amide bonds. The van der Waals surface area contributed by atoms with Crippen LogP contribution in [0.15, 0.2) is 67.0 Å². The summed E-state index contributed by atoms with van der Waals surface area (Å²) in [5, 5.41) is 6.70. The normalized spacial score (nSPS) is 14.4. The van der Waals surface area contributed by atoms with Gasteiger partial charge in [0.15, 0.2) is 0 Å². The van der Waals surface area contributed by atoms with Crippen LogP contribution in [0.5, 0.6) is 11.6 Å². The first kappa shape index (κ1) is 29.9. The molecule has 3 heterocycles. The van der Waals surface area contributed by atoms with Crippen LogP contribution >= 0.6 is 0 Å². The molecule has 1 aliphatic rings. The molecule has 5 rings (SSSR count). The zero-order chi connectivity index (χ0) is 29.5. The molecule has 0 bridgehead atoms. The monoisotopic (exact) mass is 587 g/mol. The topological polar surface area (TPSA) is 82.0 Å². The molecule has 0 radical (unpaired) electrons. The average Bonchev–Trinajstić information content (AvgIpc) is 3.44. The first-order chi connectivity index (χ1) is 20.3. The lowest BCUT2D eigenvalue weighted by atomic mass is 10.1. The van der Waals surface area contributed by atoms with Gasteiger partial charge in [0.1, 0.15) is 19.1 Å². The van der Waals surface area contributed by atoms with Gasteiger partial charge in [-0.15, -0.1) is 0 Å². The van der Waals surface area contributed by atoms with Gasteiger partial charge in [-0.2, -0.15) is 5.10 Å². The zero-order valence-corrected chi connectivity index (χ0v) is 26.1. The Morgan fingerprint density at radius 3 is 2.48 bits per heavy atom. The third-order valence-electron chi connectivity index (χ3n) is 7.46. The molecule has 0 aliphatic carbocycles. The molecule has 42 heavy (non-hydrogen) atoms. The molecule has 9 nitrogen and oxygen atoms in total. The Hall–Kier alpha value is -3.57. The lowest BCUT2D eigenvalue weighted by molar-refractivity contribution is -0.136. The maximum absolute atomic E-state index is 12.1. The third kappa shape index (κ3) is 8.04. The highest BCUT2D eigenvalue weighted by atomic mass is 28.3. The van der Waals surface area contributed by atoms with Crippen LogP contribution in [0.1, 0.15) is 5.56 Å². The minimum atomic E-state index is -1.12. The van der Waals surface area contributed by atoms with Crippen molar-refractivity contribution in [1.82, 2.24) is 24.6 Å². The molecule has 0 spiro atoms. The molecular formula is C32H41N5O4Si. The number of ether oxygens (including phenoxy) is 3. The number of carbonyl (C=O) groups is 1. The van der Waals surface area contributed by atoms with Gasteiger partial charge in [-0.1, -0.05) is 37.8 Å². The van der Waals surface area contributed by atoms with Gasteiger partial charge in [0, 0.05) is 78.5 Å². The number of pyridine rings is 1. The Bertz CT molecular complexity index is 1480. The van der Waals surface area contributed by atoms with Gasteiger partial charge in [0.25, 0.3) is 0 Å². The fourth-order valence-electron chi connectivity index (χ4n) is 4.99. The summed E-state index contributed by atoms with van der Waals surface area (Å²) in [6.45, 7) is 12.4. The fraction of sp³-hybridized carbons (Fsp3) is 0.406. The Morgan fingerprint density at radius 1 is 0.952 bits per heavy atom. The molecule has 0 saturated carbocycles. The van der Waals surface area contributed by atoms with Crippen molar-refractivity contribution >= 4 is 24.8 Å². The van der Waals surface area contributed by atoms with Crippen LogP contribution in [-0.2, 0) is 27.5 Å². The van der Waals surface area contributed by atoms with Crippen molar-refractivity contribution in [3.05, 3.63) is 72.6 Å². The van der Waals surface area contributed by atoms with Crippen LogP contribution in [0, 0.1) is 0 Å². The number of piperazine rings is 1. The highest BCUT2D eigenvalue weighted by Crippen LogP contribution is 2.27. The summed E-state index contributed by atoms with van der Waals surface area (Å²) in [6.07, 6.45) is 3.60. The first-order valence-electron chi connectivity index (χ1n) is 14.5. The van der Waals surface area contributed by atoms with Gasteiger partial charge < -0.3 is 19.1 Å². The lowest BCUT2D eigenvalue weighted by Gasteiger charge is -2.34. The van der Waals surface area contributed by atoms with E-state index in [-0.39, 0.29) is 12.5 Å². The smallest absolute Gasteiger partial charge is 0.248 e. The van der Waals surface area contributed by atoms with E-state index < -0.39 is 8.07 Å². The molecule has 1 saturated heterocycles. The lowest BCUT2D eigenvalue weighted by Crippen LogP contribution is -2.49. The van der Waals surface area contributed by atoms with Gasteiger partial charge in [-0.3, -0.25) is 9.69 Å². The fourth-order valence-corrected chi connectivity index (χ4v) is 5.74. The molecular weight excluding hydrogens is 546 g/mol. The second-order valence-electron chi connectivity index (χ2n) is 12.0. The van der Waals surface area contributed by atoms with E-state index in [9.17, 15) is 4.79 Å². The number of hydrogen-bond acceptors (Lipinski definition) is 7. The van der Waals surface area contributed by atoms with E-state index in [0.717, 1.165) is 73.2 Å². The summed E-state index contributed by atoms with van der Waals surface area (Å²) in [5.74, 6) is 1.34. The van der Waals surface area contributed by atoms with Crippen molar-refractivity contribution in [2.24, 2.45) is 0 Å². The van der Waals surface area contributed by atoms with Crippen LogP contribution < -0.4 is 4.74 Å². The Morgan fingerprint density at radius 2 is 1.74 bits per heavy atom. The minimum absolute atomic E-state index is 0.0631. The number of benzene rings is 2. The van der Waals surface area contributed by atoms with Gasteiger partial charge in [0.2, 0.25) is 11.8 Å². The highest BCUT2D eigenvalue weighted by Gasteiger charge is 2.21. The number of carbonyl (C=O) groups excluding carboxylic acids is 1. The van der Waals surface area contributed by atoms with E-state index in [1.54, 1.807) is 13.3 Å². The van der Waals surface area contributed by atoms with Crippen molar-refractivity contribution in [3.8, 4) is 22.9 Å². The van der Waals surface area contributed by atoms with Crippen LogP contribution in [-0.4, -0.2) is 85.0 Å². The SMILES string of the molecule is COCC(=O)N1CCN(Cc2ccc3cc(Oc4ccc(-c5ccnn5COCC[Si](C)(C)C)cn4)ccc3c2)CC1. The third-order valence-corrected chi connectivity index (χ3v) is 9.16. The Balaban J connectivity index is 1.16.